The third-order valence-corrected chi connectivity index (χ3v) is 7.56. The van der Waals surface area contributed by atoms with Gasteiger partial charge < -0.3 is 16.0 Å². The van der Waals surface area contributed by atoms with Gasteiger partial charge >= 0.3 is 0 Å². The predicted octanol–water partition coefficient (Wildman–Crippen LogP) is -1.78. The normalized spacial score (nSPS) is 52.0. The van der Waals surface area contributed by atoms with Gasteiger partial charge in [0.1, 0.15) is 0 Å². The average molecular weight is 286 g/mol. The molecule has 0 aromatic rings. The van der Waals surface area contributed by atoms with Crippen molar-refractivity contribution >= 4 is 10.0 Å². The molecule has 0 aliphatic carbocycles. The Kier molecular flexibility index (Phi) is 2.73. The van der Waals surface area contributed by atoms with Gasteiger partial charge in [0.25, 0.3) is 0 Å². The van der Waals surface area contributed by atoms with Gasteiger partial charge in [0.2, 0.25) is 10.0 Å². The summed E-state index contributed by atoms with van der Waals surface area (Å²) < 4.78 is 27.4. The SMILES string of the molecule is O=S1(=O)NC(C2NCCC23CCNC3)C2CNCC21. The van der Waals surface area contributed by atoms with Crippen molar-refractivity contribution in [1.29, 1.82) is 0 Å². The Morgan fingerprint density at radius 2 is 1.89 bits per heavy atom. The summed E-state index contributed by atoms with van der Waals surface area (Å²) >= 11 is 0. The van der Waals surface area contributed by atoms with E-state index in [1.807, 2.05) is 0 Å². The molecule has 4 N–H and O–H groups in total. The second-order valence-electron chi connectivity index (χ2n) is 6.52. The quantitative estimate of drug-likeness (QED) is 0.458. The maximum Gasteiger partial charge on any atom is 0.216 e. The monoisotopic (exact) mass is 286 g/mol. The van der Waals surface area contributed by atoms with E-state index in [2.05, 4.69) is 20.7 Å². The number of hydrogen-bond acceptors (Lipinski definition) is 5. The summed E-state index contributed by atoms with van der Waals surface area (Å²) in [5, 5.41) is 10.1. The van der Waals surface area contributed by atoms with Crippen LogP contribution in [0.4, 0.5) is 0 Å². The van der Waals surface area contributed by atoms with E-state index in [0.717, 1.165) is 39.0 Å². The standard InChI is InChI=1S/C12H22N4O2S/c17-19(18)9-6-14-5-8(9)10(16-19)11-12(2-4-15-11)1-3-13-7-12/h8-11,13-16H,1-7H2. The first kappa shape index (κ1) is 12.5. The van der Waals surface area contributed by atoms with Crippen molar-refractivity contribution in [3.05, 3.63) is 0 Å². The molecule has 5 unspecified atom stereocenters. The molecular formula is C12H22N4O2S. The van der Waals surface area contributed by atoms with E-state index in [1.54, 1.807) is 0 Å². The van der Waals surface area contributed by atoms with E-state index >= 15 is 0 Å². The lowest BCUT2D eigenvalue weighted by molar-refractivity contribution is 0.214. The average Bonchev–Trinajstić information content (AvgIpc) is 3.08. The van der Waals surface area contributed by atoms with Crippen molar-refractivity contribution in [1.82, 2.24) is 20.7 Å². The van der Waals surface area contributed by atoms with Crippen LogP contribution in [0.5, 0.6) is 0 Å². The van der Waals surface area contributed by atoms with E-state index in [1.165, 1.54) is 0 Å². The highest BCUT2D eigenvalue weighted by Gasteiger charge is 2.57. The fraction of sp³-hybridized carbons (Fsp3) is 1.00. The minimum absolute atomic E-state index is 0.0624. The topological polar surface area (TPSA) is 82.3 Å². The minimum atomic E-state index is -3.13. The van der Waals surface area contributed by atoms with Crippen LogP contribution in [0.2, 0.25) is 0 Å². The molecule has 19 heavy (non-hydrogen) atoms. The molecule has 4 saturated heterocycles. The molecule has 0 radical (unpaired) electrons. The number of sulfonamides is 1. The maximum absolute atomic E-state index is 12.2. The highest BCUT2D eigenvalue weighted by Crippen LogP contribution is 2.43. The van der Waals surface area contributed by atoms with E-state index in [4.69, 9.17) is 0 Å². The predicted molar refractivity (Wildman–Crippen MR) is 72.3 cm³/mol. The summed E-state index contributed by atoms with van der Waals surface area (Å²) in [6.45, 7) is 4.52. The van der Waals surface area contributed by atoms with Crippen molar-refractivity contribution in [2.75, 3.05) is 32.7 Å². The lowest BCUT2D eigenvalue weighted by atomic mass is 9.74. The van der Waals surface area contributed by atoms with E-state index in [9.17, 15) is 8.42 Å². The zero-order valence-corrected chi connectivity index (χ0v) is 11.8. The van der Waals surface area contributed by atoms with Crippen LogP contribution < -0.4 is 20.7 Å². The smallest absolute Gasteiger partial charge is 0.216 e. The van der Waals surface area contributed by atoms with Crippen molar-refractivity contribution in [3.63, 3.8) is 0 Å². The number of rotatable bonds is 1. The molecule has 4 heterocycles. The van der Waals surface area contributed by atoms with Crippen LogP contribution in [0.25, 0.3) is 0 Å². The molecule has 0 bridgehead atoms. The molecule has 4 aliphatic heterocycles. The van der Waals surface area contributed by atoms with Crippen molar-refractivity contribution in [3.8, 4) is 0 Å². The lowest BCUT2D eigenvalue weighted by Gasteiger charge is -2.35. The molecular weight excluding hydrogens is 264 g/mol. The molecule has 4 fully saturated rings. The Bertz CT molecular complexity index is 469. The second-order valence-corrected chi connectivity index (χ2v) is 8.45. The van der Waals surface area contributed by atoms with E-state index in [-0.39, 0.29) is 28.7 Å². The molecule has 5 atom stereocenters. The van der Waals surface area contributed by atoms with Gasteiger partial charge in [-0.15, -0.1) is 0 Å². The molecule has 0 amide bonds. The maximum atomic E-state index is 12.2. The van der Waals surface area contributed by atoms with E-state index in [0.29, 0.717) is 6.54 Å². The number of nitrogens with one attached hydrogen (secondary N) is 4. The van der Waals surface area contributed by atoms with Crippen LogP contribution in [-0.4, -0.2) is 58.5 Å². The van der Waals surface area contributed by atoms with Gasteiger partial charge in [-0.25, -0.2) is 13.1 Å². The van der Waals surface area contributed by atoms with Crippen molar-refractivity contribution in [2.24, 2.45) is 11.3 Å². The Morgan fingerprint density at radius 1 is 1.05 bits per heavy atom. The van der Waals surface area contributed by atoms with Crippen molar-refractivity contribution in [2.45, 2.75) is 30.2 Å². The molecule has 0 saturated carbocycles. The number of hydrogen-bond donors (Lipinski definition) is 4. The molecule has 1 spiro atoms. The lowest BCUT2D eigenvalue weighted by Crippen LogP contribution is -2.54. The molecule has 0 aromatic carbocycles. The summed E-state index contributed by atoms with van der Waals surface area (Å²) in [5.41, 5.74) is 0.255. The van der Waals surface area contributed by atoms with Gasteiger partial charge in [0, 0.05) is 43.1 Å². The third kappa shape index (κ3) is 1.72. The van der Waals surface area contributed by atoms with E-state index < -0.39 is 10.0 Å². The minimum Gasteiger partial charge on any atom is -0.316 e. The third-order valence-electron chi connectivity index (χ3n) is 5.65. The largest absolute Gasteiger partial charge is 0.316 e. The van der Waals surface area contributed by atoms with Gasteiger partial charge in [-0.05, 0) is 25.9 Å². The van der Waals surface area contributed by atoms with Crippen molar-refractivity contribution < 1.29 is 8.42 Å². The molecule has 4 rings (SSSR count). The Balaban J connectivity index is 1.65. The summed E-state index contributed by atoms with van der Waals surface area (Å²) in [7, 11) is -3.13. The number of fused-ring (bicyclic) bond motifs is 1. The van der Waals surface area contributed by atoms with Crippen LogP contribution in [0.1, 0.15) is 12.8 Å². The van der Waals surface area contributed by atoms with Crippen LogP contribution in [-0.2, 0) is 10.0 Å². The highest BCUT2D eigenvalue weighted by atomic mass is 32.2. The summed E-state index contributed by atoms with van der Waals surface area (Å²) in [5.74, 6) is 0.220. The zero-order valence-electron chi connectivity index (χ0n) is 11.0. The Labute approximate surface area is 114 Å². The fourth-order valence-corrected chi connectivity index (χ4v) is 6.58. The Morgan fingerprint density at radius 3 is 2.68 bits per heavy atom. The first-order chi connectivity index (χ1) is 9.12. The fourth-order valence-electron chi connectivity index (χ4n) is 4.65. The summed E-state index contributed by atoms with van der Waals surface area (Å²) in [6.07, 6.45) is 2.32. The molecule has 0 aromatic heterocycles. The van der Waals surface area contributed by atoms with Gasteiger partial charge in [-0.2, -0.15) is 0 Å². The highest BCUT2D eigenvalue weighted by molar-refractivity contribution is 7.90. The first-order valence-corrected chi connectivity index (χ1v) is 8.83. The van der Waals surface area contributed by atoms with Crippen LogP contribution in [0.15, 0.2) is 0 Å². The van der Waals surface area contributed by atoms with Crippen LogP contribution in [0, 0.1) is 11.3 Å². The van der Waals surface area contributed by atoms with Gasteiger partial charge in [0.15, 0.2) is 0 Å². The summed E-state index contributed by atoms with van der Waals surface area (Å²) in [6, 6.07) is 0.347. The molecule has 108 valence electrons. The van der Waals surface area contributed by atoms with Crippen LogP contribution in [0.3, 0.4) is 0 Å². The molecule has 4 aliphatic rings. The first-order valence-electron chi connectivity index (χ1n) is 7.28. The van der Waals surface area contributed by atoms with Gasteiger partial charge in [-0.3, -0.25) is 0 Å². The Hall–Kier alpha value is -0.210. The summed E-state index contributed by atoms with van der Waals surface area (Å²) in [4.78, 5) is 0. The zero-order chi connectivity index (χ0) is 13.1. The molecule has 6 nitrogen and oxygen atoms in total. The van der Waals surface area contributed by atoms with Crippen LogP contribution >= 0.6 is 0 Å². The van der Waals surface area contributed by atoms with Gasteiger partial charge in [0.05, 0.1) is 5.25 Å². The molecule has 7 heteroatoms. The van der Waals surface area contributed by atoms with Gasteiger partial charge in [-0.1, -0.05) is 0 Å². The second kappa shape index (κ2) is 4.14.